The fourth-order valence-corrected chi connectivity index (χ4v) is 11.7. The van der Waals surface area contributed by atoms with E-state index < -0.39 is 86.6 Å². The molecule has 0 fully saturated rings. The molecule has 1 unspecified atom stereocenters. The quantitative estimate of drug-likeness (QED) is 0.0103. The van der Waals surface area contributed by atoms with E-state index >= 15 is 0 Å². The molecule has 1 atom stereocenters. The molecule has 3 aromatic heterocycles. The predicted molar refractivity (Wildman–Crippen MR) is 362 cm³/mol. The van der Waals surface area contributed by atoms with Gasteiger partial charge in [-0.15, -0.1) is 11.6 Å². The van der Waals surface area contributed by atoms with E-state index in [9.17, 15) is 81.4 Å². The van der Waals surface area contributed by atoms with Gasteiger partial charge in [0.2, 0.25) is 0 Å². The minimum absolute atomic E-state index is 0. The van der Waals surface area contributed by atoms with Crippen molar-refractivity contribution in [1.29, 1.82) is 0 Å². The van der Waals surface area contributed by atoms with Crippen LogP contribution in [-0.2, 0) is 26.4 Å². The number of carbonyl (C=O) groups is 4. The molecule has 7 aromatic carbocycles. The van der Waals surface area contributed by atoms with Gasteiger partial charge in [-0.25, -0.2) is 67.0 Å². The van der Waals surface area contributed by atoms with E-state index in [0.29, 0.717) is 61.1 Å². The number of aliphatic hydroxyl groups excluding tert-OH is 1. The molecule has 10 rings (SSSR count). The molecular weight excluding hydrogens is 1490 g/mol. The number of rotatable bonds is 15. The molecule has 0 bridgehead atoms. The number of anilines is 1. The monoisotopic (exact) mass is 1540 g/mol. The van der Waals surface area contributed by atoms with Crippen LogP contribution in [0.1, 0.15) is 103 Å². The van der Waals surface area contributed by atoms with Gasteiger partial charge in [0.25, 0.3) is 0 Å². The van der Waals surface area contributed by atoms with E-state index in [1.807, 2.05) is 0 Å². The fourth-order valence-electron chi connectivity index (χ4n) is 8.70. The van der Waals surface area contributed by atoms with Crippen LogP contribution >= 0.6 is 63.3 Å². The minimum Gasteiger partial charge on any atom is -1.00 e. The number of halogens is 15. The molecule has 0 spiro atoms. The number of ketones is 4. The molecule has 3 heterocycles. The average Bonchev–Trinajstić information content (AvgIpc) is 1.66. The molecule has 523 valence electrons. The molecular formula is C68H59BBrClF13N7NaO5S3. The number of hydrogen-bond donors (Lipinski definition) is 3. The number of aryl methyl sites for hydroxylation is 3. The van der Waals surface area contributed by atoms with Gasteiger partial charge in [-0.2, -0.15) is 0 Å². The summed E-state index contributed by atoms with van der Waals surface area (Å²) in [5.41, 5.74) is 9.37. The van der Waals surface area contributed by atoms with Crippen molar-refractivity contribution in [2.45, 2.75) is 94.0 Å². The van der Waals surface area contributed by atoms with Crippen molar-refractivity contribution in [2.75, 3.05) is 5.73 Å². The molecule has 0 aliphatic carbocycles. The van der Waals surface area contributed by atoms with Crippen molar-refractivity contribution in [3.63, 3.8) is 0 Å². The van der Waals surface area contributed by atoms with Crippen LogP contribution in [0.4, 0.5) is 62.8 Å². The van der Waals surface area contributed by atoms with Crippen molar-refractivity contribution >= 4 is 101 Å². The van der Waals surface area contributed by atoms with Gasteiger partial charge in [0, 0.05) is 84.2 Å². The summed E-state index contributed by atoms with van der Waals surface area (Å²) in [7, 11) is 0. The molecule has 0 saturated carbocycles. The topological polar surface area (TPSA) is 171 Å². The molecule has 0 amide bonds. The van der Waals surface area contributed by atoms with E-state index in [1.165, 1.54) is 117 Å². The largest absolute Gasteiger partial charge is 1.00 e. The van der Waals surface area contributed by atoms with Crippen LogP contribution in [-0.4, -0.2) is 70.7 Å². The van der Waals surface area contributed by atoms with Crippen LogP contribution in [0.5, 0.6) is 0 Å². The number of hydrogen-bond acceptors (Lipinski definition) is 11. The van der Waals surface area contributed by atoms with Gasteiger partial charge in [-0.1, -0.05) is 39.5 Å². The van der Waals surface area contributed by atoms with Gasteiger partial charge >= 0.3 is 29.6 Å². The summed E-state index contributed by atoms with van der Waals surface area (Å²) in [5, 5.41) is 9.78. The Labute approximate surface area is 618 Å². The molecule has 100 heavy (non-hydrogen) atoms. The number of benzene rings is 7. The Morgan fingerprint density at radius 3 is 1.18 bits per heavy atom. The number of nitrogens with zero attached hydrogens (tertiary/aromatic N) is 5. The zero-order chi connectivity index (χ0) is 73.2. The number of aromatic nitrogens is 6. The second-order valence-electron chi connectivity index (χ2n) is 20.6. The third kappa shape index (κ3) is 23.5. The van der Waals surface area contributed by atoms with Gasteiger partial charge in [0.1, 0.15) is 57.5 Å². The number of aliphatic hydroxyl groups is 1. The van der Waals surface area contributed by atoms with Crippen LogP contribution in [0.3, 0.4) is 0 Å². The average molecular weight is 1550 g/mol. The summed E-state index contributed by atoms with van der Waals surface area (Å²) in [4.78, 5) is 55.7. The molecule has 0 saturated heterocycles. The summed E-state index contributed by atoms with van der Waals surface area (Å²) in [6.45, 7) is 12.1. The zero-order valence-corrected chi connectivity index (χ0v) is 61.1. The van der Waals surface area contributed by atoms with E-state index in [0.717, 1.165) is 59.9 Å². The van der Waals surface area contributed by atoms with Gasteiger partial charge in [0.05, 0.1) is 23.2 Å². The van der Waals surface area contributed by atoms with Gasteiger partial charge in [-0.3, -0.25) is 32.9 Å². The Hall–Kier alpha value is -7.55. The first kappa shape index (κ1) is 86.7. The first-order chi connectivity index (χ1) is 46.1. The van der Waals surface area contributed by atoms with Crippen molar-refractivity contribution in [3.05, 3.63) is 265 Å². The molecule has 12 nitrogen and oxygen atoms in total. The number of carbonyl (C=O) groups excluding carboxylic acids is 4. The number of Topliss-reactive ketones (excluding diaryl/α,β-unsaturated/α-hetero) is 4. The van der Waals surface area contributed by atoms with Gasteiger partial charge in [-0.05, 0) is 187 Å². The van der Waals surface area contributed by atoms with Gasteiger partial charge < -0.3 is 17.3 Å². The number of H-pyrrole nitrogens is 1. The Morgan fingerprint density at radius 1 is 0.530 bits per heavy atom. The minimum atomic E-state index is -1.26. The van der Waals surface area contributed by atoms with E-state index in [1.54, 1.807) is 49.0 Å². The zero-order valence-electron chi connectivity index (χ0n) is 55.3. The number of imidazole rings is 3. The number of aromatic amines is 1. The number of nitrogens with two attached hydrogens (primary N) is 1. The van der Waals surface area contributed by atoms with E-state index in [4.69, 9.17) is 29.6 Å². The first-order valence-corrected chi connectivity index (χ1v) is 32.4. The molecule has 4 N–H and O–H groups in total. The Balaban J connectivity index is 0.000000436. The number of thioether (sulfide) groups is 2. The molecule has 3 radical (unpaired) electrons. The van der Waals surface area contributed by atoms with Crippen LogP contribution in [0, 0.1) is 101 Å². The fraction of sp³-hybridized carbons (Fsp3) is 0.191. The van der Waals surface area contributed by atoms with Crippen LogP contribution in [0.2, 0.25) is 0 Å². The SMILES string of the molecule is CC(=O)C(Cl)C(C)=O.CC(=O)c1c(C)[nH]c(=S)n1-c1ccc(F)cc1.CC(=O)c1c(C)nc(SCc2c(F)ccc(F)c2F)n1-c1ccc(F)cc1.Cc1nc(SCc2c(F)ccc(F)c2F)n(-c2ccc(F)cc2)c1C(C)O.Fc1ccc(F)c(CBr)c1F.Nc1ccc(F)cc1.[B].[H-].[Na+]. The standard InChI is InChI=1S/C19H16F4N2OS.C19H14F4N2OS.C12H11FN2OS.C7H4BrF3.C6H6FN.C5H7ClO2.B.Na.H/c2*1-10-18(11(2)26)25(13-5-3-12(20)4-6-13)19(24-10)27-9-14-15(21)7-8-16(22)17(14)23;1-7-11(8(2)16)15(12(17)14-7)10-5-3-9(13)4-6-10;8-3-4-5(9)1-2-6(10)7(4)11;7-5-1-3-6(8)4-2-5;1-3(7)5(6)4(2)8;;;/h3-8,11,26H,9H2,1-2H3;3-8H,9H2,1-2H3;3-6H,1-2H3,(H,14,17);1-2H,3H2;1-4H,8H2;5H,1-2H3;;;/q;;;;;;;+1;-1. The Morgan fingerprint density at radius 2 is 0.850 bits per heavy atom. The predicted octanol–water partition coefficient (Wildman–Crippen LogP) is 15.4. The summed E-state index contributed by atoms with van der Waals surface area (Å²) in [6, 6.07) is 27.3. The Bertz CT molecular complexity index is 4510. The smallest absolute Gasteiger partial charge is 1.00 e. The molecule has 10 aromatic rings. The van der Waals surface area contributed by atoms with Crippen molar-refractivity contribution in [1.82, 2.24) is 28.7 Å². The van der Waals surface area contributed by atoms with Crippen LogP contribution < -0.4 is 35.3 Å². The second-order valence-corrected chi connectivity index (χ2v) is 23.9. The summed E-state index contributed by atoms with van der Waals surface area (Å²) in [5.74, 6) is -12.2. The summed E-state index contributed by atoms with van der Waals surface area (Å²) < 4.78 is 176. The maximum absolute atomic E-state index is 13.9. The third-order valence-corrected chi connectivity index (χ3v) is 16.7. The molecule has 0 aliphatic heterocycles. The number of nitrogen functional groups attached to an aromatic ring is 1. The summed E-state index contributed by atoms with van der Waals surface area (Å²) >= 11 is 15.2. The number of nitrogens with one attached hydrogen (secondary N) is 1. The van der Waals surface area contributed by atoms with Gasteiger partial charge in [0.15, 0.2) is 73.1 Å². The first-order valence-electron chi connectivity index (χ1n) is 28.4. The van der Waals surface area contributed by atoms with Crippen molar-refractivity contribution in [2.24, 2.45) is 0 Å². The van der Waals surface area contributed by atoms with Crippen LogP contribution in [0.25, 0.3) is 17.1 Å². The normalized spacial score (nSPS) is 10.7. The molecule has 32 heteroatoms. The third-order valence-electron chi connectivity index (χ3n) is 13.3. The maximum atomic E-state index is 13.9. The maximum Gasteiger partial charge on any atom is 1.00 e. The second kappa shape index (κ2) is 40.2. The van der Waals surface area contributed by atoms with Crippen molar-refractivity contribution < 1.29 is 112 Å². The molecule has 0 aliphatic rings. The van der Waals surface area contributed by atoms with E-state index in [2.05, 4.69) is 30.9 Å². The summed E-state index contributed by atoms with van der Waals surface area (Å²) in [6.07, 6.45) is -0.875. The van der Waals surface area contributed by atoms with Crippen LogP contribution in [0.15, 0.2) is 144 Å². The Kier molecular flexibility index (Phi) is 34.8. The van der Waals surface area contributed by atoms with Crippen molar-refractivity contribution in [3.8, 4) is 17.1 Å². The number of alkyl halides is 2. The van der Waals surface area contributed by atoms with E-state index in [-0.39, 0.29) is 107 Å².